The van der Waals surface area contributed by atoms with Crippen LogP contribution in [-0.4, -0.2) is 81.3 Å². The number of hydrogen-bond donors (Lipinski definition) is 3. The van der Waals surface area contributed by atoms with E-state index in [1.54, 1.807) is 0 Å². The van der Waals surface area contributed by atoms with Crippen molar-refractivity contribution in [3.63, 3.8) is 0 Å². The zero-order valence-corrected chi connectivity index (χ0v) is 15.1. The minimum absolute atomic E-state index is 0.108. The minimum atomic E-state index is -2.45. The molecule has 142 valence electrons. The van der Waals surface area contributed by atoms with Gasteiger partial charge in [0.05, 0.1) is 12.1 Å². The van der Waals surface area contributed by atoms with Crippen LogP contribution < -0.4 is 0 Å². The van der Waals surface area contributed by atoms with Gasteiger partial charge in [-0.15, -0.1) is 0 Å². The van der Waals surface area contributed by atoms with E-state index in [0.29, 0.717) is 13.0 Å². The molecule has 0 radical (unpaired) electrons. The average molecular weight is 357 g/mol. The van der Waals surface area contributed by atoms with Crippen molar-refractivity contribution >= 4 is 11.9 Å². The summed E-state index contributed by atoms with van der Waals surface area (Å²) in [6.07, 6.45) is 0.792. The van der Waals surface area contributed by atoms with E-state index in [-0.39, 0.29) is 24.7 Å². The van der Waals surface area contributed by atoms with Crippen LogP contribution in [0, 0.1) is 0 Å². The molecule has 0 saturated carbocycles. The van der Waals surface area contributed by atoms with Gasteiger partial charge in [0, 0.05) is 20.0 Å². The molecule has 1 fully saturated rings. The first-order chi connectivity index (χ1) is 11.5. The van der Waals surface area contributed by atoms with Crippen LogP contribution >= 0.6 is 0 Å². The molecule has 4 atom stereocenters. The Hall–Kier alpha value is -1.48. The van der Waals surface area contributed by atoms with E-state index in [1.807, 2.05) is 6.08 Å². The Morgan fingerprint density at radius 2 is 2.04 bits per heavy atom. The van der Waals surface area contributed by atoms with E-state index in [4.69, 9.17) is 9.47 Å². The second-order valence-corrected chi connectivity index (χ2v) is 7.23. The quantitative estimate of drug-likeness (QED) is 0.424. The van der Waals surface area contributed by atoms with E-state index < -0.39 is 23.3 Å². The van der Waals surface area contributed by atoms with Gasteiger partial charge in [0.25, 0.3) is 0 Å². The Morgan fingerprint density at radius 1 is 1.40 bits per heavy atom. The van der Waals surface area contributed by atoms with Crippen LogP contribution in [0.15, 0.2) is 11.6 Å². The maximum atomic E-state index is 12.3. The Bertz CT molecular complexity index is 566. The van der Waals surface area contributed by atoms with Gasteiger partial charge in [-0.1, -0.05) is 6.08 Å². The molecule has 2 heterocycles. The molecule has 2 aliphatic rings. The number of hydrogen-bond acceptors (Lipinski definition) is 8. The lowest BCUT2D eigenvalue weighted by Crippen LogP contribution is -2.63. The van der Waals surface area contributed by atoms with Gasteiger partial charge in [-0.2, -0.15) is 0 Å². The molecule has 8 nitrogen and oxygen atoms in total. The summed E-state index contributed by atoms with van der Waals surface area (Å²) in [6.45, 7) is 6.36. The highest BCUT2D eigenvalue weighted by molar-refractivity contribution is 5.82. The zero-order valence-electron chi connectivity index (χ0n) is 15.1. The number of carbonyl (C=O) groups excluding carboxylic acids is 2. The standard InChI is InChI=1S/C17H27NO7/c1-10(19)17(23,16(3,4)22)15(21)24-9-12-5-7-18-8-6-13(14(12)18)25-11(2)20/h5,10,13-14,19,22-23H,6-9H2,1-4H3/t10?,13-,14+,17+/m0/s1. The maximum absolute atomic E-state index is 12.3. The van der Waals surface area contributed by atoms with Crippen molar-refractivity contribution in [2.24, 2.45) is 0 Å². The van der Waals surface area contributed by atoms with Crippen LogP contribution in [0.2, 0.25) is 0 Å². The summed E-state index contributed by atoms with van der Waals surface area (Å²) in [5, 5.41) is 30.3. The maximum Gasteiger partial charge on any atom is 0.344 e. The summed E-state index contributed by atoms with van der Waals surface area (Å²) in [6, 6.07) is -0.154. The number of aliphatic hydroxyl groups is 3. The number of ether oxygens (including phenoxy) is 2. The summed E-state index contributed by atoms with van der Waals surface area (Å²) in [7, 11) is 0. The van der Waals surface area contributed by atoms with Crippen molar-refractivity contribution in [2.75, 3.05) is 19.7 Å². The van der Waals surface area contributed by atoms with E-state index in [1.165, 1.54) is 27.7 Å². The highest BCUT2D eigenvalue weighted by atomic mass is 16.6. The summed E-state index contributed by atoms with van der Waals surface area (Å²) in [4.78, 5) is 25.7. The highest BCUT2D eigenvalue weighted by Gasteiger charge is 2.54. The molecule has 1 unspecified atom stereocenters. The van der Waals surface area contributed by atoms with Crippen LogP contribution in [-0.2, 0) is 19.1 Å². The number of aliphatic hydroxyl groups excluding tert-OH is 1. The summed E-state index contributed by atoms with van der Waals surface area (Å²) < 4.78 is 10.5. The van der Waals surface area contributed by atoms with Gasteiger partial charge >= 0.3 is 11.9 Å². The monoisotopic (exact) mass is 357 g/mol. The lowest BCUT2D eigenvalue weighted by Gasteiger charge is -2.38. The SMILES string of the molecule is CC(=O)O[C@H]1CCN2CC=C(COC(=O)[C@](O)(C(C)O)C(C)(C)O)[C@H]12. The third kappa shape index (κ3) is 3.72. The van der Waals surface area contributed by atoms with Crippen LogP contribution in [0.5, 0.6) is 0 Å². The van der Waals surface area contributed by atoms with E-state index in [0.717, 1.165) is 12.1 Å². The fraction of sp³-hybridized carbons (Fsp3) is 0.765. The summed E-state index contributed by atoms with van der Waals surface area (Å²) >= 11 is 0. The molecule has 0 amide bonds. The van der Waals surface area contributed by atoms with Crippen LogP contribution in [0.1, 0.15) is 34.1 Å². The number of fused-ring (bicyclic) bond motifs is 1. The summed E-state index contributed by atoms with van der Waals surface area (Å²) in [5.74, 6) is -1.46. The van der Waals surface area contributed by atoms with Crippen molar-refractivity contribution in [2.45, 2.75) is 63.6 Å². The zero-order chi connectivity index (χ0) is 19.0. The van der Waals surface area contributed by atoms with Gasteiger partial charge in [0.2, 0.25) is 5.60 Å². The van der Waals surface area contributed by atoms with Crippen molar-refractivity contribution in [3.8, 4) is 0 Å². The van der Waals surface area contributed by atoms with Gasteiger partial charge in [-0.3, -0.25) is 9.69 Å². The molecular weight excluding hydrogens is 330 g/mol. The topological polar surface area (TPSA) is 117 Å². The van der Waals surface area contributed by atoms with Gasteiger partial charge in [-0.25, -0.2) is 4.79 Å². The van der Waals surface area contributed by atoms with Gasteiger partial charge in [0.1, 0.15) is 18.3 Å². The fourth-order valence-electron chi connectivity index (χ4n) is 3.53. The van der Waals surface area contributed by atoms with Crippen LogP contribution in [0.25, 0.3) is 0 Å². The number of nitrogens with zero attached hydrogens (tertiary/aromatic N) is 1. The molecule has 0 aromatic carbocycles. The first-order valence-electron chi connectivity index (χ1n) is 8.38. The predicted molar refractivity (Wildman–Crippen MR) is 87.5 cm³/mol. The molecule has 3 N–H and O–H groups in total. The fourth-order valence-corrected chi connectivity index (χ4v) is 3.53. The predicted octanol–water partition coefficient (Wildman–Crippen LogP) is -0.642. The Balaban J connectivity index is 2.05. The van der Waals surface area contributed by atoms with E-state index >= 15 is 0 Å². The smallest absolute Gasteiger partial charge is 0.344 e. The highest BCUT2D eigenvalue weighted by Crippen LogP contribution is 2.32. The molecule has 1 saturated heterocycles. The molecule has 2 aliphatic heterocycles. The number of rotatable bonds is 6. The molecule has 0 spiro atoms. The van der Waals surface area contributed by atoms with Gasteiger partial charge in [0.15, 0.2) is 0 Å². The van der Waals surface area contributed by atoms with E-state index in [9.17, 15) is 24.9 Å². The first-order valence-corrected chi connectivity index (χ1v) is 8.38. The molecule has 0 bridgehead atoms. The minimum Gasteiger partial charge on any atom is -0.460 e. The van der Waals surface area contributed by atoms with E-state index in [2.05, 4.69) is 4.90 Å². The van der Waals surface area contributed by atoms with Crippen molar-refractivity contribution < 1.29 is 34.4 Å². The average Bonchev–Trinajstić information content (AvgIpc) is 3.05. The Labute approximate surface area is 147 Å². The summed E-state index contributed by atoms with van der Waals surface area (Å²) in [5.41, 5.74) is -3.56. The molecule has 0 aromatic rings. The lowest BCUT2D eigenvalue weighted by atomic mass is 9.81. The van der Waals surface area contributed by atoms with Crippen molar-refractivity contribution in [1.29, 1.82) is 0 Å². The molecule has 8 heteroatoms. The molecular formula is C17H27NO7. The van der Waals surface area contributed by atoms with Crippen molar-refractivity contribution in [3.05, 3.63) is 11.6 Å². The lowest BCUT2D eigenvalue weighted by molar-refractivity contribution is -0.213. The second kappa shape index (κ2) is 7.03. The number of esters is 2. The van der Waals surface area contributed by atoms with Crippen molar-refractivity contribution in [1.82, 2.24) is 4.90 Å². The third-order valence-corrected chi connectivity index (χ3v) is 4.95. The van der Waals surface area contributed by atoms with Gasteiger partial charge in [-0.05, 0) is 32.8 Å². The largest absolute Gasteiger partial charge is 0.460 e. The second-order valence-electron chi connectivity index (χ2n) is 7.23. The molecule has 2 rings (SSSR count). The van der Waals surface area contributed by atoms with Crippen LogP contribution in [0.4, 0.5) is 0 Å². The Kier molecular flexibility index (Phi) is 5.58. The normalized spacial score (nSPS) is 27.2. The molecule has 0 aliphatic carbocycles. The first kappa shape index (κ1) is 19.8. The molecule has 0 aromatic heterocycles. The van der Waals surface area contributed by atoms with Crippen LogP contribution in [0.3, 0.4) is 0 Å². The van der Waals surface area contributed by atoms with Gasteiger partial charge < -0.3 is 24.8 Å². The third-order valence-electron chi connectivity index (χ3n) is 4.95. The number of carbonyl (C=O) groups is 2. The molecule has 25 heavy (non-hydrogen) atoms. The Morgan fingerprint density at radius 3 is 2.56 bits per heavy atom.